The van der Waals surface area contributed by atoms with Crippen molar-refractivity contribution in [3.05, 3.63) is 46.4 Å². The third-order valence-electron chi connectivity index (χ3n) is 5.64. The van der Waals surface area contributed by atoms with E-state index < -0.39 is 5.41 Å². The van der Waals surface area contributed by atoms with Crippen LogP contribution < -0.4 is 5.32 Å². The average Bonchev–Trinajstić information content (AvgIpc) is 3.30. The van der Waals surface area contributed by atoms with Gasteiger partial charge in [-0.25, -0.2) is 9.97 Å². The summed E-state index contributed by atoms with van der Waals surface area (Å²) < 4.78 is 9.47. The number of carbonyl (C=O) groups is 2. The summed E-state index contributed by atoms with van der Waals surface area (Å²) in [5, 5.41) is 2.81. The summed E-state index contributed by atoms with van der Waals surface area (Å²) >= 11 is 1.34. The number of likely N-dealkylation sites (tertiary alicyclic amines) is 1. The van der Waals surface area contributed by atoms with Crippen LogP contribution in [0.5, 0.6) is 0 Å². The Morgan fingerprint density at radius 3 is 2.79 bits per heavy atom. The second-order valence-corrected chi connectivity index (χ2v) is 8.05. The molecule has 3 aliphatic rings. The van der Waals surface area contributed by atoms with Gasteiger partial charge in [0.05, 0.1) is 13.2 Å². The van der Waals surface area contributed by atoms with Crippen molar-refractivity contribution in [1.29, 1.82) is 0 Å². The first-order chi connectivity index (χ1) is 14.1. The van der Waals surface area contributed by atoms with Crippen molar-refractivity contribution in [3.8, 4) is 0 Å². The summed E-state index contributed by atoms with van der Waals surface area (Å²) in [6.07, 6.45) is 8.68. The van der Waals surface area contributed by atoms with Crippen LogP contribution >= 0.6 is 11.5 Å². The Kier molecular flexibility index (Phi) is 4.48. The SMILES string of the molecule is O=C(/C=C/c1cnc2c(c1)C1(COC1)C(=O)N2)N1CCC(=Cc2ncsn2)CC1. The van der Waals surface area contributed by atoms with E-state index in [0.717, 1.165) is 29.8 Å². The summed E-state index contributed by atoms with van der Waals surface area (Å²) in [5.74, 6) is 1.25. The van der Waals surface area contributed by atoms with Crippen LogP contribution in [0.1, 0.15) is 29.8 Å². The minimum atomic E-state index is -0.613. The van der Waals surface area contributed by atoms with Crippen molar-refractivity contribution in [1.82, 2.24) is 19.2 Å². The van der Waals surface area contributed by atoms with Crippen molar-refractivity contribution >= 4 is 41.3 Å². The number of amides is 2. The van der Waals surface area contributed by atoms with Gasteiger partial charge in [-0.05, 0) is 48.2 Å². The number of aromatic nitrogens is 3. The molecule has 2 aromatic heterocycles. The number of hydrogen-bond donors (Lipinski definition) is 1. The second kappa shape index (κ2) is 7.16. The maximum absolute atomic E-state index is 12.6. The molecule has 5 rings (SSSR count). The van der Waals surface area contributed by atoms with Crippen LogP contribution in [0.2, 0.25) is 0 Å². The lowest BCUT2D eigenvalue weighted by Gasteiger charge is -2.35. The Morgan fingerprint density at radius 2 is 2.10 bits per heavy atom. The fourth-order valence-corrected chi connectivity index (χ4v) is 4.25. The van der Waals surface area contributed by atoms with Crippen molar-refractivity contribution < 1.29 is 14.3 Å². The van der Waals surface area contributed by atoms with E-state index in [1.807, 2.05) is 17.0 Å². The summed E-state index contributed by atoms with van der Waals surface area (Å²) in [6.45, 7) is 2.11. The number of piperidine rings is 1. The number of fused-ring (bicyclic) bond motifs is 2. The molecule has 0 unspecified atom stereocenters. The van der Waals surface area contributed by atoms with E-state index in [1.165, 1.54) is 17.1 Å². The lowest BCUT2D eigenvalue weighted by Crippen LogP contribution is -2.51. The van der Waals surface area contributed by atoms with Crippen molar-refractivity contribution in [3.63, 3.8) is 0 Å². The number of anilines is 1. The van der Waals surface area contributed by atoms with E-state index in [2.05, 4.69) is 19.7 Å². The van der Waals surface area contributed by atoms with Crippen molar-refractivity contribution in [2.75, 3.05) is 31.6 Å². The molecule has 0 bridgehead atoms. The number of ether oxygens (including phenoxy) is 1. The van der Waals surface area contributed by atoms with E-state index in [0.29, 0.717) is 32.1 Å². The van der Waals surface area contributed by atoms with Gasteiger partial charge in [-0.2, -0.15) is 4.37 Å². The van der Waals surface area contributed by atoms with Gasteiger partial charge in [-0.1, -0.05) is 5.57 Å². The highest BCUT2D eigenvalue weighted by Crippen LogP contribution is 2.42. The van der Waals surface area contributed by atoms with Crippen LogP contribution in [0.15, 0.2) is 29.4 Å². The first kappa shape index (κ1) is 18.1. The Bertz CT molecular complexity index is 1020. The number of carbonyl (C=O) groups excluding carboxylic acids is 2. The molecule has 2 amide bonds. The zero-order valence-corrected chi connectivity index (χ0v) is 16.4. The highest BCUT2D eigenvalue weighted by Gasteiger charge is 2.53. The number of rotatable bonds is 3. The molecule has 9 heteroatoms. The minimum absolute atomic E-state index is 0.0211. The molecule has 3 aliphatic heterocycles. The lowest BCUT2D eigenvalue weighted by molar-refractivity contribution is -0.138. The van der Waals surface area contributed by atoms with E-state index >= 15 is 0 Å². The first-order valence-corrected chi connectivity index (χ1v) is 10.3. The fourth-order valence-electron chi connectivity index (χ4n) is 3.84. The molecule has 2 fully saturated rings. The van der Waals surface area contributed by atoms with Crippen LogP contribution in [0.3, 0.4) is 0 Å². The van der Waals surface area contributed by atoms with Gasteiger partial charge in [0.25, 0.3) is 0 Å². The summed E-state index contributed by atoms with van der Waals surface area (Å²) in [6, 6.07) is 1.92. The molecule has 0 aromatic carbocycles. The van der Waals surface area contributed by atoms with Gasteiger partial charge in [0.2, 0.25) is 11.8 Å². The standard InChI is InChI=1S/C20H19N5O3S/c26-17(25-5-3-13(4-6-25)8-16-22-12-29-24-16)2-1-14-7-15-18(21-9-14)23-19(27)20(15)10-28-11-20/h1-2,7-9,12H,3-6,10-11H2,(H,21,23,27)/b2-1+. The fraction of sp³-hybridized carbons (Fsp3) is 0.350. The molecular formula is C20H19N5O3S. The van der Waals surface area contributed by atoms with Gasteiger partial charge in [-0.3, -0.25) is 9.59 Å². The van der Waals surface area contributed by atoms with Crippen LogP contribution in [-0.4, -0.2) is 57.4 Å². The summed E-state index contributed by atoms with van der Waals surface area (Å²) in [5.41, 5.74) is 4.02. The molecule has 2 saturated heterocycles. The molecule has 5 heterocycles. The van der Waals surface area contributed by atoms with E-state index in [-0.39, 0.29) is 11.8 Å². The van der Waals surface area contributed by atoms with Crippen molar-refractivity contribution in [2.45, 2.75) is 18.3 Å². The number of hydrogen-bond acceptors (Lipinski definition) is 7. The predicted octanol–water partition coefficient (Wildman–Crippen LogP) is 1.87. The first-order valence-electron chi connectivity index (χ1n) is 9.47. The average molecular weight is 409 g/mol. The molecule has 0 saturated carbocycles. The second-order valence-electron chi connectivity index (χ2n) is 7.44. The minimum Gasteiger partial charge on any atom is -0.378 e. The molecule has 0 atom stereocenters. The van der Waals surface area contributed by atoms with Gasteiger partial charge in [-0.15, -0.1) is 0 Å². The molecule has 148 valence electrons. The van der Waals surface area contributed by atoms with Crippen LogP contribution in [-0.2, 0) is 19.7 Å². The van der Waals surface area contributed by atoms with Crippen LogP contribution in [0.25, 0.3) is 12.2 Å². The zero-order valence-electron chi connectivity index (χ0n) is 15.6. The Labute approximate surface area is 171 Å². The van der Waals surface area contributed by atoms with Gasteiger partial charge >= 0.3 is 0 Å². The molecular weight excluding hydrogens is 390 g/mol. The Hall–Kier alpha value is -2.91. The summed E-state index contributed by atoms with van der Waals surface area (Å²) in [7, 11) is 0. The monoisotopic (exact) mass is 409 g/mol. The molecule has 8 nitrogen and oxygen atoms in total. The zero-order chi connectivity index (χ0) is 19.8. The Balaban J connectivity index is 1.24. The van der Waals surface area contributed by atoms with E-state index in [4.69, 9.17) is 4.74 Å². The molecule has 0 radical (unpaired) electrons. The largest absolute Gasteiger partial charge is 0.378 e. The molecule has 2 aromatic rings. The van der Waals surface area contributed by atoms with Gasteiger partial charge in [0.15, 0.2) is 5.82 Å². The number of nitrogens with zero attached hydrogens (tertiary/aromatic N) is 4. The molecule has 1 N–H and O–H groups in total. The maximum Gasteiger partial charge on any atom is 0.246 e. The number of nitrogens with one attached hydrogen (secondary N) is 1. The van der Waals surface area contributed by atoms with Gasteiger partial charge in [0, 0.05) is 30.9 Å². The Morgan fingerprint density at radius 1 is 1.28 bits per heavy atom. The van der Waals surface area contributed by atoms with Crippen LogP contribution in [0, 0.1) is 0 Å². The number of pyridine rings is 1. The topological polar surface area (TPSA) is 97.3 Å². The quantitative estimate of drug-likeness (QED) is 0.778. The van der Waals surface area contributed by atoms with Crippen molar-refractivity contribution in [2.24, 2.45) is 0 Å². The third kappa shape index (κ3) is 3.26. The van der Waals surface area contributed by atoms with E-state index in [1.54, 1.807) is 23.9 Å². The maximum atomic E-state index is 12.6. The highest BCUT2D eigenvalue weighted by atomic mass is 32.1. The molecule has 29 heavy (non-hydrogen) atoms. The van der Waals surface area contributed by atoms with Gasteiger partial charge in [0.1, 0.15) is 16.7 Å². The van der Waals surface area contributed by atoms with Crippen LogP contribution in [0.4, 0.5) is 5.82 Å². The third-order valence-corrected chi connectivity index (χ3v) is 6.13. The molecule has 0 aliphatic carbocycles. The van der Waals surface area contributed by atoms with Gasteiger partial charge < -0.3 is 15.0 Å². The molecule has 1 spiro atoms. The van der Waals surface area contributed by atoms with E-state index in [9.17, 15) is 9.59 Å². The smallest absolute Gasteiger partial charge is 0.246 e. The lowest BCUT2D eigenvalue weighted by atomic mass is 9.80. The summed E-state index contributed by atoms with van der Waals surface area (Å²) in [4.78, 5) is 35.2. The normalized spacial score (nSPS) is 19.9. The highest BCUT2D eigenvalue weighted by molar-refractivity contribution is 7.03. The predicted molar refractivity (Wildman–Crippen MR) is 108 cm³/mol.